The van der Waals surface area contributed by atoms with Crippen LogP contribution in [0.25, 0.3) is 0 Å². The SMILES string of the molecule is O=C(c1ccnc(N2Cc3cn(Cc4ccc(F)cc4)nc3C2)n1)N1CCCCC1. The second-order valence-electron chi connectivity index (χ2n) is 7.88. The standard InChI is InChI=1S/C22H23FN6O/c23-18-6-4-16(5-7-18)12-29-14-17-13-28(15-20(17)26-29)22-24-9-8-19(25-22)21(30)27-10-2-1-3-11-27/h4-9,14H,1-3,10-13,15H2. The zero-order valence-corrected chi connectivity index (χ0v) is 16.7. The number of nitrogens with zero attached hydrogens (tertiary/aromatic N) is 6. The van der Waals surface area contributed by atoms with Gasteiger partial charge in [-0.2, -0.15) is 5.10 Å². The summed E-state index contributed by atoms with van der Waals surface area (Å²) in [6.07, 6.45) is 6.96. The van der Waals surface area contributed by atoms with Gasteiger partial charge in [-0.25, -0.2) is 14.4 Å². The van der Waals surface area contributed by atoms with Crippen LogP contribution in [0.1, 0.15) is 46.6 Å². The quantitative estimate of drug-likeness (QED) is 0.666. The van der Waals surface area contributed by atoms with Gasteiger partial charge >= 0.3 is 0 Å². The van der Waals surface area contributed by atoms with Crippen LogP contribution in [-0.4, -0.2) is 43.6 Å². The Morgan fingerprint density at radius 2 is 1.83 bits per heavy atom. The van der Waals surface area contributed by atoms with Gasteiger partial charge in [0.15, 0.2) is 0 Å². The zero-order valence-electron chi connectivity index (χ0n) is 16.7. The summed E-state index contributed by atoms with van der Waals surface area (Å²) in [5.41, 5.74) is 3.55. The number of piperidine rings is 1. The molecule has 5 rings (SSSR count). The predicted molar refractivity (Wildman–Crippen MR) is 109 cm³/mol. The molecule has 0 N–H and O–H groups in total. The molecule has 2 aliphatic heterocycles. The molecule has 2 aromatic heterocycles. The number of carbonyl (C=O) groups excluding carboxylic acids is 1. The minimum absolute atomic E-state index is 0.0141. The number of carbonyl (C=O) groups is 1. The number of rotatable bonds is 4. The number of hydrogen-bond donors (Lipinski definition) is 0. The first kappa shape index (κ1) is 18.7. The molecule has 1 amide bonds. The molecule has 0 radical (unpaired) electrons. The second-order valence-corrected chi connectivity index (χ2v) is 7.88. The van der Waals surface area contributed by atoms with Gasteiger partial charge in [0.1, 0.15) is 11.5 Å². The van der Waals surface area contributed by atoms with Gasteiger partial charge < -0.3 is 9.80 Å². The average molecular weight is 406 g/mol. The summed E-state index contributed by atoms with van der Waals surface area (Å²) in [6.45, 7) is 3.46. The Kier molecular flexibility index (Phi) is 4.90. The molecule has 7 nitrogen and oxygen atoms in total. The molecule has 0 saturated carbocycles. The summed E-state index contributed by atoms with van der Waals surface area (Å²) in [4.78, 5) is 25.6. The predicted octanol–water partition coefficient (Wildman–Crippen LogP) is 3.01. The van der Waals surface area contributed by atoms with Gasteiger partial charge in [0.05, 0.1) is 18.8 Å². The molecule has 2 aliphatic rings. The minimum Gasteiger partial charge on any atom is -0.337 e. The Morgan fingerprint density at radius 3 is 2.60 bits per heavy atom. The van der Waals surface area contributed by atoms with Crippen molar-refractivity contribution in [3.8, 4) is 0 Å². The van der Waals surface area contributed by atoms with Gasteiger partial charge in [0, 0.05) is 37.6 Å². The van der Waals surface area contributed by atoms with Gasteiger partial charge in [-0.3, -0.25) is 9.48 Å². The van der Waals surface area contributed by atoms with E-state index in [-0.39, 0.29) is 11.7 Å². The molecule has 1 aromatic carbocycles. The van der Waals surface area contributed by atoms with Gasteiger partial charge in [-0.05, 0) is 43.0 Å². The Bertz CT molecular complexity index is 1030. The number of benzene rings is 1. The van der Waals surface area contributed by atoms with Crippen molar-refractivity contribution in [1.82, 2.24) is 24.6 Å². The molecule has 0 spiro atoms. The third kappa shape index (κ3) is 3.77. The van der Waals surface area contributed by atoms with Crippen molar-refractivity contribution in [3.05, 3.63) is 71.1 Å². The molecule has 0 bridgehead atoms. The van der Waals surface area contributed by atoms with E-state index < -0.39 is 0 Å². The summed E-state index contributed by atoms with van der Waals surface area (Å²) in [5, 5.41) is 4.67. The van der Waals surface area contributed by atoms with Crippen LogP contribution in [-0.2, 0) is 19.6 Å². The average Bonchev–Trinajstić information content (AvgIpc) is 3.34. The molecule has 1 fully saturated rings. The molecule has 0 unspecified atom stereocenters. The van der Waals surface area contributed by atoms with Crippen LogP contribution in [0, 0.1) is 5.82 Å². The van der Waals surface area contributed by atoms with E-state index in [1.807, 2.05) is 20.7 Å². The largest absolute Gasteiger partial charge is 0.337 e. The minimum atomic E-state index is -0.238. The van der Waals surface area contributed by atoms with Crippen LogP contribution in [0.2, 0.25) is 0 Å². The summed E-state index contributed by atoms with van der Waals surface area (Å²) < 4.78 is 15.0. The summed E-state index contributed by atoms with van der Waals surface area (Å²) in [5.74, 6) is 0.305. The monoisotopic (exact) mass is 406 g/mol. The highest BCUT2D eigenvalue weighted by molar-refractivity contribution is 5.92. The van der Waals surface area contributed by atoms with Crippen LogP contribution in [0.3, 0.4) is 0 Å². The van der Waals surface area contributed by atoms with Gasteiger partial charge in [0.25, 0.3) is 5.91 Å². The number of likely N-dealkylation sites (tertiary alicyclic amines) is 1. The van der Waals surface area contributed by atoms with Crippen LogP contribution in [0.4, 0.5) is 10.3 Å². The lowest BCUT2D eigenvalue weighted by molar-refractivity contribution is 0.0718. The van der Waals surface area contributed by atoms with E-state index in [0.29, 0.717) is 31.3 Å². The van der Waals surface area contributed by atoms with Gasteiger partial charge in [-0.1, -0.05) is 12.1 Å². The zero-order chi connectivity index (χ0) is 20.5. The number of fused-ring (bicyclic) bond motifs is 1. The molecule has 0 atom stereocenters. The number of aromatic nitrogens is 4. The Balaban J connectivity index is 1.27. The van der Waals surface area contributed by atoms with E-state index in [4.69, 9.17) is 0 Å². The number of anilines is 1. The van der Waals surface area contributed by atoms with E-state index in [1.165, 1.54) is 18.6 Å². The normalized spacial score (nSPS) is 16.0. The highest BCUT2D eigenvalue weighted by Gasteiger charge is 2.26. The van der Waals surface area contributed by atoms with Crippen molar-refractivity contribution >= 4 is 11.9 Å². The smallest absolute Gasteiger partial charge is 0.272 e. The fourth-order valence-electron chi connectivity index (χ4n) is 4.09. The molecule has 8 heteroatoms. The highest BCUT2D eigenvalue weighted by atomic mass is 19.1. The van der Waals surface area contributed by atoms with Crippen LogP contribution >= 0.6 is 0 Å². The van der Waals surface area contributed by atoms with Gasteiger partial charge in [-0.15, -0.1) is 0 Å². The van der Waals surface area contributed by atoms with E-state index in [9.17, 15) is 9.18 Å². The van der Waals surface area contributed by atoms with Crippen molar-refractivity contribution < 1.29 is 9.18 Å². The second kappa shape index (κ2) is 7.85. The third-order valence-corrected chi connectivity index (χ3v) is 5.67. The maximum absolute atomic E-state index is 13.1. The van der Waals surface area contributed by atoms with E-state index >= 15 is 0 Å². The number of halogens is 1. The van der Waals surface area contributed by atoms with E-state index in [2.05, 4.69) is 15.1 Å². The molecule has 0 aliphatic carbocycles. The van der Waals surface area contributed by atoms with Crippen LogP contribution < -0.4 is 4.90 Å². The van der Waals surface area contributed by atoms with E-state index in [1.54, 1.807) is 24.4 Å². The molecular weight excluding hydrogens is 383 g/mol. The molecule has 1 saturated heterocycles. The van der Waals surface area contributed by atoms with Gasteiger partial charge in [0.2, 0.25) is 5.95 Å². The third-order valence-electron chi connectivity index (χ3n) is 5.67. The van der Waals surface area contributed by atoms with Crippen molar-refractivity contribution in [2.45, 2.75) is 38.9 Å². The topological polar surface area (TPSA) is 67.2 Å². The van der Waals surface area contributed by atoms with E-state index in [0.717, 1.165) is 42.8 Å². The first-order valence-corrected chi connectivity index (χ1v) is 10.3. The first-order chi connectivity index (χ1) is 14.7. The lowest BCUT2D eigenvalue weighted by atomic mass is 10.1. The van der Waals surface area contributed by atoms with Crippen molar-refractivity contribution in [2.75, 3.05) is 18.0 Å². The maximum atomic E-state index is 13.1. The fraction of sp³-hybridized carbons (Fsp3) is 0.364. The Morgan fingerprint density at radius 1 is 1.03 bits per heavy atom. The fourth-order valence-corrected chi connectivity index (χ4v) is 4.09. The van der Waals surface area contributed by atoms with Crippen molar-refractivity contribution in [3.63, 3.8) is 0 Å². The van der Waals surface area contributed by atoms with Crippen LogP contribution in [0.5, 0.6) is 0 Å². The highest BCUT2D eigenvalue weighted by Crippen LogP contribution is 2.25. The number of amides is 1. The first-order valence-electron chi connectivity index (χ1n) is 10.3. The molecule has 30 heavy (non-hydrogen) atoms. The van der Waals surface area contributed by atoms with Crippen LogP contribution in [0.15, 0.2) is 42.7 Å². The molecule has 3 aromatic rings. The molecule has 154 valence electrons. The maximum Gasteiger partial charge on any atom is 0.272 e. The van der Waals surface area contributed by atoms with Crippen molar-refractivity contribution in [1.29, 1.82) is 0 Å². The number of hydrogen-bond acceptors (Lipinski definition) is 5. The molecule has 4 heterocycles. The lowest BCUT2D eigenvalue weighted by Crippen LogP contribution is -2.36. The summed E-state index contributed by atoms with van der Waals surface area (Å²) in [7, 11) is 0. The summed E-state index contributed by atoms with van der Waals surface area (Å²) >= 11 is 0. The Hall–Kier alpha value is -3.29. The van der Waals surface area contributed by atoms with Crippen molar-refractivity contribution in [2.24, 2.45) is 0 Å². The Labute approximate surface area is 174 Å². The lowest BCUT2D eigenvalue weighted by Gasteiger charge is -2.26. The summed E-state index contributed by atoms with van der Waals surface area (Å²) in [6, 6.07) is 8.16. The molecular formula is C22H23FN6O.